The van der Waals surface area contributed by atoms with Crippen molar-refractivity contribution in [1.29, 1.82) is 0 Å². The van der Waals surface area contributed by atoms with Gasteiger partial charge in [0.1, 0.15) is 0 Å². The highest BCUT2D eigenvalue weighted by molar-refractivity contribution is 5.97. The van der Waals surface area contributed by atoms with Crippen molar-refractivity contribution in [3.05, 3.63) is 57.7 Å². The smallest absolute Gasteiger partial charge is 0.335 e. The van der Waals surface area contributed by atoms with E-state index >= 15 is 0 Å². The van der Waals surface area contributed by atoms with Gasteiger partial charge in [0.15, 0.2) is 5.43 Å². The number of carbonyl (C=O) groups is 1. The van der Waals surface area contributed by atoms with Gasteiger partial charge >= 0.3 is 5.97 Å². The number of carboxylic acids is 1. The molecule has 19 heavy (non-hydrogen) atoms. The van der Waals surface area contributed by atoms with E-state index in [0.29, 0.717) is 16.3 Å². The van der Waals surface area contributed by atoms with Gasteiger partial charge in [-0.05, 0) is 36.8 Å². The highest BCUT2D eigenvalue weighted by Crippen LogP contribution is 2.18. The van der Waals surface area contributed by atoms with Crippen LogP contribution in [0.15, 0.2) is 41.2 Å². The summed E-state index contributed by atoms with van der Waals surface area (Å²) in [5.41, 5.74) is 2.34. The number of hydrogen-bond donors (Lipinski definition) is 2. The highest BCUT2D eigenvalue weighted by atomic mass is 16.4. The first-order chi connectivity index (χ1) is 9.08. The van der Waals surface area contributed by atoms with Crippen LogP contribution in [0, 0.1) is 6.92 Å². The number of pyridine rings is 1. The Morgan fingerprint density at radius 1 is 1.16 bits per heavy atom. The van der Waals surface area contributed by atoms with Crippen molar-refractivity contribution in [2.24, 2.45) is 0 Å². The van der Waals surface area contributed by atoms with Crippen LogP contribution in [0.2, 0.25) is 0 Å². The first-order valence-corrected chi connectivity index (χ1v) is 5.86. The van der Waals surface area contributed by atoms with Gasteiger partial charge in [-0.1, -0.05) is 12.1 Å². The summed E-state index contributed by atoms with van der Waals surface area (Å²) < 4.78 is 0. The van der Waals surface area contributed by atoms with E-state index in [4.69, 9.17) is 5.11 Å². The molecule has 3 aromatic rings. The number of fused-ring (bicyclic) bond motifs is 2. The quantitative estimate of drug-likeness (QED) is 0.655. The van der Waals surface area contributed by atoms with Crippen molar-refractivity contribution < 1.29 is 9.90 Å². The number of H-pyrrole nitrogens is 1. The van der Waals surface area contributed by atoms with E-state index in [9.17, 15) is 9.59 Å². The number of aromatic nitrogens is 1. The van der Waals surface area contributed by atoms with Crippen LogP contribution < -0.4 is 5.43 Å². The van der Waals surface area contributed by atoms with Crippen LogP contribution >= 0.6 is 0 Å². The maximum absolute atomic E-state index is 12.4. The van der Waals surface area contributed by atoms with Crippen molar-refractivity contribution in [2.75, 3.05) is 0 Å². The van der Waals surface area contributed by atoms with E-state index in [1.54, 1.807) is 12.1 Å². The SMILES string of the molecule is Cc1cccc2c(=O)c3ccc(C(=O)O)cc3[nH]c12. The summed E-state index contributed by atoms with van der Waals surface area (Å²) in [6.45, 7) is 1.91. The van der Waals surface area contributed by atoms with E-state index in [1.807, 2.05) is 19.1 Å². The molecule has 3 rings (SSSR count). The molecule has 94 valence electrons. The molecule has 2 aromatic carbocycles. The number of nitrogens with one attached hydrogen (secondary N) is 1. The number of para-hydroxylation sites is 1. The third kappa shape index (κ3) is 1.69. The lowest BCUT2D eigenvalue weighted by Gasteiger charge is -2.05. The van der Waals surface area contributed by atoms with Crippen LogP contribution in [0.3, 0.4) is 0 Å². The summed E-state index contributed by atoms with van der Waals surface area (Å²) in [6.07, 6.45) is 0. The normalized spacial score (nSPS) is 11.0. The molecule has 0 atom stereocenters. The van der Waals surface area contributed by atoms with Crippen LogP contribution in [0.1, 0.15) is 15.9 Å². The van der Waals surface area contributed by atoms with E-state index in [0.717, 1.165) is 11.1 Å². The van der Waals surface area contributed by atoms with E-state index in [1.165, 1.54) is 12.1 Å². The predicted molar refractivity (Wildman–Crippen MR) is 73.8 cm³/mol. The molecular weight excluding hydrogens is 242 g/mol. The van der Waals surface area contributed by atoms with Crippen LogP contribution in [-0.4, -0.2) is 16.1 Å². The molecule has 0 aliphatic carbocycles. The maximum Gasteiger partial charge on any atom is 0.335 e. The molecule has 0 radical (unpaired) electrons. The lowest BCUT2D eigenvalue weighted by Crippen LogP contribution is -2.06. The largest absolute Gasteiger partial charge is 0.478 e. The predicted octanol–water partition coefficient (Wildman–Crippen LogP) is 2.69. The van der Waals surface area contributed by atoms with Crippen molar-refractivity contribution in [2.45, 2.75) is 6.92 Å². The minimum atomic E-state index is -1.01. The molecule has 0 saturated carbocycles. The molecule has 1 heterocycles. The molecule has 4 heteroatoms. The molecule has 0 spiro atoms. The van der Waals surface area contributed by atoms with Gasteiger partial charge in [0.05, 0.1) is 16.6 Å². The van der Waals surface area contributed by atoms with E-state index in [2.05, 4.69) is 4.98 Å². The van der Waals surface area contributed by atoms with Gasteiger partial charge in [-0.15, -0.1) is 0 Å². The molecule has 4 nitrogen and oxygen atoms in total. The number of carboxylic acid groups (broad SMARTS) is 1. The second kappa shape index (κ2) is 3.95. The Balaban J connectivity index is 2.51. The number of hydrogen-bond acceptors (Lipinski definition) is 2. The molecule has 0 fully saturated rings. The number of aromatic carboxylic acids is 1. The molecule has 2 N–H and O–H groups in total. The Bertz CT molecular complexity index is 878. The summed E-state index contributed by atoms with van der Waals surface area (Å²) >= 11 is 0. The zero-order chi connectivity index (χ0) is 13.6. The Hall–Kier alpha value is -2.62. The van der Waals surface area contributed by atoms with Crippen molar-refractivity contribution in [1.82, 2.24) is 4.98 Å². The lowest BCUT2D eigenvalue weighted by atomic mass is 10.1. The summed E-state index contributed by atoms with van der Waals surface area (Å²) in [5.74, 6) is -1.01. The standard InChI is InChI=1S/C15H11NO3/c1-8-3-2-4-11-13(8)16-12-7-9(15(18)19)5-6-10(12)14(11)17/h2-7H,1H3,(H,16,17)(H,18,19). The average Bonchev–Trinajstić information content (AvgIpc) is 2.40. The summed E-state index contributed by atoms with van der Waals surface area (Å²) in [5, 5.41) is 10.1. The molecule has 0 aliphatic rings. The number of benzene rings is 2. The average molecular weight is 253 g/mol. The fourth-order valence-electron chi connectivity index (χ4n) is 2.28. The van der Waals surface area contributed by atoms with Crippen LogP contribution in [-0.2, 0) is 0 Å². The topological polar surface area (TPSA) is 70.2 Å². The van der Waals surface area contributed by atoms with Gasteiger partial charge in [-0.3, -0.25) is 4.79 Å². The number of aromatic amines is 1. The molecular formula is C15H11NO3. The molecule has 0 saturated heterocycles. The Morgan fingerprint density at radius 2 is 1.95 bits per heavy atom. The van der Waals surface area contributed by atoms with Gasteiger partial charge in [-0.25, -0.2) is 4.79 Å². The van der Waals surface area contributed by atoms with Crippen molar-refractivity contribution in [3.8, 4) is 0 Å². The lowest BCUT2D eigenvalue weighted by molar-refractivity contribution is 0.0697. The molecule has 1 aromatic heterocycles. The van der Waals surface area contributed by atoms with Crippen LogP contribution in [0.25, 0.3) is 21.8 Å². The Labute approximate surface area is 108 Å². The van der Waals surface area contributed by atoms with E-state index < -0.39 is 5.97 Å². The minimum Gasteiger partial charge on any atom is -0.478 e. The Kier molecular flexibility index (Phi) is 2.38. The van der Waals surface area contributed by atoms with Gasteiger partial charge in [0, 0.05) is 10.8 Å². The van der Waals surface area contributed by atoms with Crippen molar-refractivity contribution in [3.63, 3.8) is 0 Å². The Morgan fingerprint density at radius 3 is 2.68 bits per heavy atom. The summed E-state index contributed by atoms with van der Waals surface area (Å²) in [4.78, 5) is 26.5. The third-order valence-electron chi connectivity index (χ3n) is 3.29. The van der Waals surface area contributed by atoms with Crippen molar-refractivity contribution >= 4 is 27.8 Å². The molecule has 0 amide bonds. The van der Waals surface area contributed by atoms with Crippen LogP contribution in [0.4, 0.5) is 0 Å². The third-order valence-corrected chi connectivity index (χ3v) is 3.29. The molecule has 0 unspecified atom stereocenters. The number of rotatable bonds is 1. The van der Waals surface area contributed by atoms with Gasteiger partial charge < -0.3 is 10.1 Å². The second-order valence-corrected chi connectivity index (χ2v) is 4.52. The fourth-order valence-corrected chi connectivity index (χ4v) is 2.28. The summed E-state index contributed by atoms with van der Waals surface area (Å²) in [7, 11) is 0. The zero-order valence-corrected chi connectivity index (χ0v) is 10.2. The maximum atomic E-state index is 12.4. The fraction of sp³-hybridized carbons (Fsp3) is 0.0667. The second-order valence-electron chi connectivity index (χ2n) is 4.52. The highest BCUT2D eigenvalue weighted by Gasteiger charge is 2.09. The van der Waals surface area contributed by atoms with Gasteiger partial charge in [0.25, 0.3) is 0 Å². The van der Waals surface area contributed by atoms with Gasteiger partial charge in [0.2, 0.25) is 0 Å². The molecule has 0 aliphatic heterocycles. The summed E-state index contributed by atoms with van der Waals surface area (Å²) in [6, 6.07) is 10.0. The van der Waals surface area contributed by atoms with Crippen LogP contribution in [0.5, 0.6) is 0 Å². The molecule has 0 bridgehead atoms. The van der Waals surface area contributed by atoms with E-state index in [-0.39, 0.29) is 11.0 Å². The minimum absolute atomic E-state index is 0.0793. The first kappa shape index (κ1) is 11.5. The van der Waals surface area contributed by atoms with Gasteiger partial charge in [-0.2, -0.15) is 0 Å². The number of aryl methyl sites for hydroxylation is 1. The zero-order valence-electron chi connectivity index (χ0n) is 10.2. The monoisotopic (exact) mass is 253 g/mol. The first-order valence-electron chi connectivity index (χ1n) is 5.86.